The van der Waals surface area contributed by atoms with E-state index in [0.29, 0.717) is 4.91 Å². The van der Waals surface area contributed by atoms with Crippen LogP contribution in [0.1, 0.15) is 5.69 Å². The molecule has 23 heavy (non-hydrogen) atoms. The molecule has 0 spiro atoms. The molecule has 0 aliphatic carbocycles. The SMILES string of the molecule is C#CCN1C(=O)S/C(=C/c2cccn2-c2ccc(I)cc2)C1=O. The summed E-state index contributed by atoms with van der Waals surface area (Å²) in [7, 11) is 0. The van der Waals surface area contributed by atoms with Crippen LogP contribution in [0, 0.1) is 15.9 Å². The minimum absolute atomic E-state index is 0.000140. The number of carbonyl (C=O) groups excluding carboxylic acids is 2. The van der Waals surface area contributed by atoms with E-state index < -0.39 is 0 Å². The number of benzene rings is 1. The zero-order valence-corrected chi connectivity index (χ0v) is 14.9. The molecule has 1 fully saturated rings. The number of halogens is 1. The summed E-state index contributed by atoms with van der Waals surface area (Å²) in [6, 6.07) is 11.8. The molecule has 2 aromatic rings. The van der Waals surface area contributed by atoms with Crippen molar-refractivity contribution >= 4 is 51.6 Å². The third-order valence-electron chi connectivity index (χ3n) is 3.29. The lowest BCUT2D eigenvalue weighted by atomic mass is 10.3. The van der Waals surface area contributed by atoms with Crippen LogP contribution in [0.15, 0.2) is 47.5 Å². The topological polar surface area (TPSA) is 42.3 Å². The van der Waals surface area contributed by atoms with Gasteiger partial charge in [0.15, 0.2) is 0 Å². The Labute approximate surface area is 151 Å². The lowest BCUT2D eigenvalue weighted by Crippen LogP contribution is -2.28. The van der Waals surface area contributed by atoms with E-state index in [1.54, 1.807) is 6.08 Å². The van der Waals surface area contributed by atoms with Crippen LogP contribution in [-0.4, -0.2) is 27.2 Å². The van der Waals surface area contributed by atoms with Crippen LogP contribution in [0.5, 0.6) is 0 Å². The third-order valence-corrected chi connectivity index (χ3v) is 4.91. The van der Waals surface area contributed by atoms with Crippen molar-refractivity contribution < 1.29 is 9.59 Å². The summed E-state index contributed by atoms with van der Waals surface area (Å²) in [5, 5.41) is -0.327. The maximum Gasteiger partial charge on any atom is 0.294 e. The van der Waals surface area contributed by atoms with E-state index in [4.69, 9.17) is 6.42 Å². The molecule has 1 aromatic carbocycles. The molecule has 0 atom stereocenters. The quantitative estimate of drug-likeness (QED) is 0.420. The van der Waals surface area contributed by atoms with Crippen LogP contribution < -0.4 is 0 Å². The summed E-state index contributed by atoms with van der Waals surface area (Å²) in [5.74, 6) is 1.99. The van der Waals surface area contributed by atoms with Crippen LogP contribution >= 0.6 is 34.4 Å². The largest absolute Gasteiger partial charge is 0.317 e. The lowest BCUT2D eigenvalue weighted by Gasteiger charge is -2.08. The van der Waals surface area contributed by atoms with Gasteiger partial charge < -0.3 is 4.57 Å². The Hall–Kier alpha value is -1.98. The van der Waals surface area contributed by atoms with E-state index in [1.807, 2.05) is 47.2 Å². The molecule has 3 rings (SSSR count). The van der Waals surface area contributed by atoms with Crippen LogP contribution in [0.2, 0.25) is 0 Å². The lowest BCUT2D eigenvalue weighted by molar-refractivity contribution is -0.122. The fourth-order valence-electron chi connectivity index (χ4n) is 2.21. The van der Waals surface area contributed by atoms with E-state index in [-0.39, 0.29) is 17.7 Å². The van der Waals surface area contributed by atoms with Crippen molar-refractivity contribution in [2.24, 2.45) is 0 Å². The van der Waals surface area contributed by atoms with Gasteiger partial charge in [-0.15, -0.1) is 6.42 Å². The summed E-state index contributed by atoms with van der Waals surface area (Å²) in [4.78, 5) is 25.5. The zero-order valence-electron chi connectivity index (χ0n) is 11.9. The molecule has 2 heterocycles. The van der Waals surface area contributed by atoms with Crippen molar-refractivity contribution in [2.45, 2.75) is 0 Å². The number of hydrogen-bond acceptors (Lipinski definition) is 3. The average molecular weight is 434 g/mol. The molecule has 0 radical (unpaired) electrons. The van der Waals surface area contributed by atoms with E-state index in [0.717, 1.165) is 31.6 Å². The minimum Gasteiger partial charge on any atom is -0.317 e. The van der Waals surface area contributed by atoms with E-state index in [1.165, 1.54) is 0 Å². The standard InChI is InChI=1S/C17H11IN2O2S/c1-2-9-20-16(21)15(23-17(20)22)11-14-4-3-10-19(14)13-7-5-12(18)6-8-13/h1,3-8,10-11H,9H2/b15-11+. The van der Waals surface area contributed by atoms with Gasteiger partial charge in [0.1, 0.15) is 0 Å². The van der Waals surface area contributed by atoms with Gasteiger partial charge in [0.05, 0.1) is 11.4 Å². The fraction of sp³-hybridized carbons (Fsp3) is 0.0588. The number of hydrogen-bond donors (Lipinski definition) is 0. The molecule has 0 saturated carbocycles. The van der Waals surface area contributed by atoms with Gasteiger partial charge in [-0.25, -0.2) is 0 Å². The highest BCUT2D eigenvalue weighted by Gasteiger charge is 2.34. The molecular formula is C17H11IN2O2S. The molecule has 4 nitrogen and oxygen atoms in total. The fourth-order valence-corrected chi connectivity index (χ4v) is 3.39. The van der Waals surface area contributed by atoms with E-state index in [9.17, 15) is 9.59 Å². The molecule has 2 amide bonds. The number of thioether (sulfide) groups is 1. The van der Waals surface area contributed by atoms with Crippen molar-refractivity contribution in [1.82, 2.24) is 9.47 Å². The summed E-state index contributed by atoms with van der Waals surface area (Å²) < 4.78 is 3.11. The van der Waals surface area contributed by atoms with Crippen molar-refractivity contribution in [3.63, 3.8) is 0 Å². The second-order valence-electron chi connectivity index (χ2n) is 4.75. The monoisotopic (exact) mass is 434 g/mol. The van der Waals surface area contributed by atoms with Crippen LogP contribution in [0.4, 0.5) is 4.79 Å². The second kappa shape index (κ2) is 6.64. The maximum atomic E-state index is 12.2. The van der Waals surface area contributed by atoms with Crippen LogP contribution in [-0.2, 0) is 4.79 Å². The third kappa shape index (κ3) is 3.21. The molecule has 1 aliphatic rings. The van der Waals surface area contributed by atoms with Crippen molar-refractivity contribution in [3.8, 4) is 18.0 Å². The Balaban J connectivity index is 1.94. The summed E-state index contributed by atoms with van der Waals surface area (Å²) in [6.07, 6.45) is 8.83. The summed E-state index contributed by atoms with van der Waals surface area (Å²) in [5.41, 5.74) is 1.82. The molecule has 1 aromatic heterocycles. The zero-order chi connectivity index (χ0) is 16.4. The van der Waals surface area contributed by atoms with Crippen LogP contribution in [0.3, 0.4) is 0 Å². The van der Waals surface area contributed by atoms with Crippen molar-refractivity contribution in [3.05, 3.63) is 56.8 Å². The smallest absolute Gasteiger partial charge is 0.294 e. The first kappa shape index (κ1) is 15.9. The van der Waals surface area contributed by atoms with Crippen molar-refractivity contribution in [1.29, 1.82) is 0 Å². The number of amides is 2. The van der Waals surface area contributed by atoms with Gasteiger partial charge in [0.25, 0.3) is 11.1 Å². The Morgan fingerprint density at radius 1 is 1.22 bits per heavy atom. The predicted octanol–water partition coefficient (Wildman–Crippen LogP) is 3.75. The van der Waals surface area contributed by atoms with Gasteiger partial charge in [-0.2, -0.15) is 0 Å². The average Bonchev–Trinajstić information content (AvgIpc) is 3.09. The molecule has 1 aliphatic heterocycles. The van der Waals surface area contributed by atoms with Crippen LogP contribution in [0.25, 0.3) is 11.8 Å². The van der Waals surface area contributed by atoms with Gasteiger partial charge in [-0.3, -0.25) is 14.5 Å². The van der Waals surface area contributed by atoms with Gasteiger partial charge in [-0.1, -0.05) is 5.92 Å². The summed E-state index contributed by atoms with van der Waals surface area (Å²) in [6.45, 7) is 0.000140. The van der Waals surface area contributed by atoms with Gasteiger partial charge in [0.2, 0.25) is 0 Å². The predicted molar refractivity (Wildman–Crippen MR) is 100.0 cm³/mol. The molecule has 1 saturated heterocycles. The van der Waals surface area contributed by atoms with Gasteiger partial charge in [-0.05, 0) is 76.8 Å². The first-order valence-corrected chi connectivity index (χ1v) is 8.62. The summed E-state index contributed by atoms with van der Waals surface area (Å²) >= 11 is 3.16. The maximum absolute atomic E-state index is 12.2. The van der Waals surface area contributed by atoms with Gasteiger partial charge >= 0.3 is 0 Å². The number of carbonyl (C=O) groups is 2. The van der Waals surface area contributed by atoms with Crippen molar-refractivity contribution in [2.75, 3.05) is 6.54 Å². The highest BCUT2D eigenvalue weighted by Crippen LogP contribution is 2.32. The van der Waals surface area contributed by atoms with E-state index in [2.05, 4.69) is 28.5 Å². The number of nitrogens with zero attached hydrogens (tertiary/aromatic N) is 2. The Kier molecular flexibility index (Phi) is 4.59. The Bertz CT molecular complexity index is 846. The molecule has 0 N–H and O–H groups in total. The first-order chi connectivity index (χ1) is 11.1. The highest BCUT2D eigenvalue weighted by molar-refractivity contribution is 14.1. The molecule has 0 unspecified atom stereocenters. The second-order valence-corrected chi connectivity index (χ2v) is 6.99. The van der Waals surface area contributed by atoms with E-state index >= 15 is 0 Å². The Morgan fingerprint density at radius 2 is 1.96 bits per heavy atom. The molecule has 6 heteroatoms. The molecular weight excluding hydrogens is 423 g/mol. The first-order valence-electron chi connectivity index (χ1n) is 6.72. The highest BCUT2D eigenvalue weighted by atomic mass is 127. The van der Waals surface area contributed by atoms with Gasteiger partial charge in [0, 0.05) is 21.1 Å². The minimum atomic E-state index is -0.340. The number of imide groups is 1. The molecule has 114 valence electrons. The number of aromatic nitrogens is 1. The number of terminal acetylenes is 1. The normalized spacial score (nSPS) is 16.2. The molecule has 0 bridgehead atoms. The Morgan fingerprint density at radius 3 is 2.65 bits per heavy atom. The number of rotatable bonds is 3.